The first-order valence-corrected chi connectivity index (χ1v) is 9.99. The summed E-state index contributed by atoms with van der Waals surface area (Å²) in [4.78, 5) is 4.29. The highest BCUT2D eigenvalue weighted by Crippen LogP contribution is 2.50. The van der Waals surface area contributed by atoms with Crippen molar-refractivity contribution in [2.45, 2.75) is 32.5 Å². The lowest BCUT2D eigenvalue weighted by molar-refractivity contribution is -0.0214. The van der Waals surface area contributed by atoms with E-state index in [1.165, 1.54) is 5.56 Å². The Morgan fingerprint density at radius 3 is 2.72 bits per heavy atom. The van der Waals surface area contributed by atoms with Gasteiger partial charge in [-0.15, -0.1) is 0 Å². The van der Waals surface area contributed by atoms with Gasteiger partial charge in [-0.05, 0) is 31.5 Å². The summed E-state index contributed by atoms with van der Waals surface area (Å²) >= 11 is 0. The first-order valence-electron chi connectivity index (χ1n) is 9.99. The Kier molecular flexibility index (Phi) is 4.43. The van der Waals surface area contributed by atoms with Crippen LogP contribution < -0.4 is 9.47 Å². The van der Waals surface area contributed by atoms with E-state index >= 15 is 0 Å². The lowest BCUT2D eigenvalue weighted by Crippen LogP contribution is -2.34. The van der Waals surface area contributed by atoms with Gasteiger partial charge in [0, 0.05) is 29.9 Å². The smallest absolute Gasteiger partial charge is 0.215 e. The monoisotopic (exact) mass is 385 g/mol. The molecule has 3 aromatic rings. The minimum atomic E-state index is -0.342. The van der Waals surface area contributed by atoms with E-state index in [1.54, 1.807) is 6.20 Å². The van der Waals surface area contributed by atoms with Crippen molar-refractivity contribution in [3.8, 4) is 11.5 Å². The van der Waals surface area contributed by atoms with Crippen LogP contribution in [0.15, 0.2) is 72.1 Å². The van der Waals surface area contributed by atoms with Crippen molar-refractivity contribution in [1.82, 2.24) is 9.99 Å². The van der Waals surface area contributed by atoms with Crippen LogP contribution in [-0.4, -0.2) is 22.3 Å². The molecule has 0 aliphatic carbocycles. The third-order valence-electron chi connectivity index (χ3n) is 5.43. The van der Waals surface area contributed by atoms with Gasteiger partial charge in [0.2, 0.25) is 6.23 Å². The SMILES string of the molecule is CCOc1cccc2c1OC(c1cccnc1)N1N=C(c3ccc(C)cc3)CC21. The van der Waals surface area contributed by atoms with Crippen LogP contribution in [-0.2, 0) is 0 Å². The van der Waals surface area contributed by atoms with Gasteiger partial charge in [-0.25, -0.2) is 5.01 Å². The van der Waals surface area contributed by atoms with Crippen molar-refractivity contribution in [1.29, 1.82) is 0 Å². The van der Waals surface area contributed by atoms with Gasteiger partial charge in [0.15, 0.2) is 11.5 Å². The van der Waals surface area contributed by atoms with E-state index < -0.39 is 0 Å². The Morgan fingerprint density at radius 1 is 1.10 bits per heavy atom. The maximum Gasteiger partial charge on any atom is 0.215 e. The minimum Gasteiger partial charge on any atom is -0.490 e. The molecule has 5 nitrogen and oxygen atoms in total. The van der Waals surface area contributed by atoms with Gasteiger partial charge in [0.25, 0.3) is 0 Å². The van der Waals surface area contributed by atoms with E-state index in [-0.39, 0.29) is 12.3 Å². The van der Waals surface area contributed by atoms with Gasteiger partial charge >= 0.3 is 0 Å². The van der Waals surface area contributed by atoms with E-state index in [1.807, 2.05) is 37.4 Å². The molecule has 0 saturated heterocycles. The van der Waals surface area contributed by atoms with Crippen molar-refractivity contribution < 1.29 is 9.47 Å². The van der Waals surface area contributed by atoms with Crippen LogP contribution in [0.5, 0.6) is 11.5 Å². The zero-order valence-corrected chi connectivity index (χ0v) is 16.6. The fraction of sp³-hybridized carbons (Fsp3) is 0.250. The number of hydrazone groups is 1. The minimum absolute atomic E-state index is 0.0978. The Bertz CT molecular complexity index is 1050. The molecule has 2 aromatic carbocycles. The predicted molar refractivity (Wildman–Crippen MR) is 112 cm³/mol. The molecule has 0 radical (unpaired) electrons. The maximum atomic E-state index is 6.47. The fourth-order valence-electron chi connectivity index (χ4n) is 4.02. The highest BCUT2D eigenvalue weighted by Gasteiger charge is 2.42. The molecule has 0 amide bonds. The lowest BCUT2D eigenvalue weighted by atomic mass is 9.95. The molecule has 146 valence electrons. The zero-order valence-electron chi connectivity index (χ0n) is 16.6. The second-order valence-corrected chi connectivity index (χ2v) is 7.38. The number of para-hydroxylation sites is 1. The van der Waals surface area contributed by atoms with E-state index in [9.17, 15) is 0 Å². The van der Waals surface area contributed by atoms with Crippen molar-refractivity contribution in [3.63, 3.8) is 0 Å². The molecule has 5 heteroatoms. The molecular weight excluding hydrogens is 362 g/mol. The summed E-state index contributed by atoms with van der Waals surface area (Å²) in [6, 6.07) is 18.7. The molecule has 0 N–H and O–H groups in total. The van der Waals surface area contributed by atoms with Crippen LogP contribution in [0.1, 0.15) is 47.9 Å². The Morgan fingerprint density at radius 2 is 1.97 bits per heavy atom. The Labute approximate surface area is 170 Å². The van der Waals surface area contributed by atoms with Crippen LogP contribution in [0, 0.1) is 6.92 Å². The summed E-state index contributed by atoms with van der Waals surface area (Å²) < 4.78 is 12.3. The summed E-state index contributed by atoms with van der Waals surface area (Å²) in [5.41, 5.74) is 5.55. The summed E-state index contributed by atoms with van der Waals surface area (Å²) in [6.07, 6.45) is 4.10. The number of rotatable bonds is 4. The van der Waals surface area contributed by atoms with Crippen LogP contribution in [0.3, 0.4) is 0 Å². The second-order valence-electron chi connectivity index (χ2n) is 7.38. The van der Waals surface area contributed by atoms with Crippen LogP contribution >= 0.6 is 0 Å². The normalized spacial score (nSPS) is 19.8. The quantitative estimate of drug-likeness (QED) is 0.632. The number of benzene rings is 2. The molecule has 2 atom stereocenters. The first kappa shape index (κ1) is 17.7. The number of hydrogen-bond acceptors (Lipinski definition) is 5. The highest BCUT2D eigenvalue weighted by molar-refractivity contribution is 6.02. The summed E-state index contributed by atoms with van der Waals surface area (Å²) in [7, 11) is 0. The third kappa shape index (κ3) is 3.12. The Hall–Kier alpha value is -3.34. The Balaban J connectivity index is 1.60. The van der Waals surface area contributed by atoms with E-state index in [0.29, 0.717) is 6.61 Å². The molecule has 0 saturated carbocycles. The standard InChI is InChI=1S/C24H23N3O2/c1-3-28-22-8-4-7-19-21-14-20(17-11-9-16(2)10-12-17)26-27(21)24(29-23(19)22)18-6-5-13-25-15-18/h4-13,15,21,24H,3,14H2,1-2H3. The molecular formula is C24H23N3O2. The van der Waals surface area contributed by atoms with E-state index in [0.717, 1.165) is 40.3 Å². The molecule has 29 heavy (non-hydrogen) atoms. The molecule has 0 spiro atoms. The molecule has 2 aliphatic heterocycles. The molecule has 2 unspecified atom stereocenters. The van der Waals surface area contributed by atoms with Crippen molar-refractivity contribution in [2.75, 3.05) is 6.61 Å². The van der Waals surface area contributed by atoms with Crippen molar-refractivity contribution >= 4 is 5.71 Å². The highest BCUT2D eigenvalue weighted by atomic mass is 16.5. The van der Waals surface area contributed by atoms with Crippen LogP contribution in [0.2, 0.25) is 0 Å². The number of pyridine rings is 1. The molecule has 0 fully saturated rings. The summed E-state index contributed by atoms with van der Waals surface area (Å²) in [5.74, 6) is 1.59. The predicted octanol–water partition coefficient (Wildman–Crippen LogP) is 5.03. The van der Waals surface area contributed by atoms with Gasteiger partial charge in [0.1, 0.15) is 0 Å². The topological polar surface area (TPSA) is 47.0 Å². The van der Waals surface area contributed by atoms with E-state index in [4.69, 9.17) is 14.6 Å². The number of aryl methyl sites for hydroxylation is 1. The van der Waals surface area contributed by atoms with Crippen LogP contribution in [0.4, 0.5) is 0 Å². The van der Waals surface area contributed by atoms with E-state index in [2.05, 4.69) is 47.2 Å². The zero-order chi connectivity index (χ0) is 19.8. The van der Waals surface area contributed by atoms with Gasteiger partial charge in [-0.1, -0.05) is 48.0 Å². The first-order chi connectivity index (χ1) is 14.2. The number of hydrogen-bond donors (Lipinski definition) is 0. The van der Waals surface area contributed by atoms with Gasteiger partial charge in [0.05, 0.1) is 18.4 Å². The maximum absolute atomic E-state index is 6.47. The van der Waals surface area contributed by atoms with Crippen molar-refractivity contribution in [2.24, 2.45) is 5.10 Å². The molecule has 1 aromatic heterocycles. The largest absolute Gasteiger partial charge is 0.490 e. The summed E-state index contributed by atoms with van der Waals surface area (Å²) in [5, 5.41) is 7.07. The number of aromatic nitrogens is 1. The van der Waals surface area contributed by atoms with Crippen LogP contribution in [0.25, 0.3) is 0 Å². The number of fused-ring (bicyclic) bond motifs is 3. The molecule has 0 bridgehead atoms. The number of ether oxygens (including phenoxy) is 2. The third-order valence-corrected chi connectivity index (χ3v) is 5.43. The van der Waals surface area contributed by atoms with Gasteiger partial charge in [-0.3, -0.25) is 4.98 Å². The van der Waals surface area contributed by atoms with Gasteiger partial charge in [-0.2, -0.15) is 5.10 Å². The average molecular weight is 385 g/mol. The number of nitrogens with zero attached hydrogens (tertiary/aromatic N) is 3. The molecule has 2 aliphatic rings. The molecule has 3 heterocycles. The van der Waals surface area contributed by atoms with Gasteiger partial charge < -0.3 is 9.47 Å². The summed E-state index contributed by atoms with van der Waals surface area (Å²) in [6.45, 7) is 4.68. The molecule has 5 rings (SSSR count). The second kappa shape index (κ2) is 7.24. The lowest BCUT2D eigenvalue weighted by Gasteiger charge is -2.38. The average Bonchev–Trinajstić information content (AvgIpc) is 3.20. The fourth-order valence-corrected chi connectivity index (χ4v) is 4.02. The van der Waals surface area contributed by atoms with Crippen molar-refractivity contribution in [3.05, 3.63) is 89.2 Å².